The van der Waals surface area contributed by atoms with E-state index in [1.165, 1.54) is 6.07 Å². The lowest BCUT2D eigenvalue weighted by Gasteiger charge is -2.16. The van der Waals surface area contributed by atoms with Crippen molar-refractivity contribution in [2.75, 3.05) is 16.8 Å². The average molecular weight is 323 g/mol. The van der Waals surface area contributed by atoms with Crippen LogP contribution in [0.4, 0.5) is 18.9 Å². The third-order valence-electron chi connectivity index (χ3n) is 3.16. The van der Waals surface area contributed by atoms with Gasteiger partial charge in [0.2, 0.25) is 0 Å². The number of benzene rings is 1. The van der Waals surface area contributed by atoms with Crippen LogP contribution in [0.2, 0.25) is 0 Å². The van der Waals surface area contributed by atoms with Crippen molar-refractivity contribution < 1.29 is 31.5 Å². The van der Waals surface area contributed by atoms with Crippen LogP contribution in [0, 0.1) is 0 Å². The predicted octanol–water partition coefficient (Wildman–Crippen LogP) is 2.00. The molecule has 2 N–H and O–H groups in total. The Balaban J connectivity index is 2.28. The third kappa shape index (κ3) is 3.66. The van der Waals surface area contributed by atoms with Crippen molar-refractivity contribution in [3.63, 3.8) is 0 Å². The Morgan fingerprint density at radius 2 is 2.00 bits per heavy atom. The minimum absolute atomic E-state index is 0.00992. The van der Waals surface area contributed by atoms with Crippen LogP contribution in [0.3, 0.4) is 0 Å². The first kappa shape index (κ1) is 15.6. The van der Waals surface area contributed by atoms with Gasteiger partial charge in [0.1, 0.15) is 0 Å². The highest BCUT2D eigenvalue weighted by atomic mass is 32.2. The van der Waals surface area contributed by atoms with Gasteiger partial charge in [-0.25, -0.2) is 13.2 Å². The molecule has 1 saturated heterocycles. The highest BCUT2D eigenvalue weighted by Gasteiger charge is 2.36. The lowest BCUT2D eigenvalue weighted by atomic mass is 10.1. The fourth-order valence-electron chi connectivity index (χ4n) is 2.20. The number of sulfone groups is 1. The number of rotatable bonds is 3. The number of hydrogen-bond acceptors (Lipinski definition) is 4. The van der Waals surface area contributed by atoms with E-state index in [4.69, 9.17) is 5.11 Å². The summed E-state index contributed by atoms with van der Waals surface area (Å²) in [4.78, 5) is 10.8. The van der Waals surface area contributed by atoms with Gasteiger partial charge in [0.05, 0.1) is 22.6 Å². The van der Waals surface area contributed by atoms with E-state index in [9.17, 15) is 26.4 Å². The summed E-state index contributed by atoms with van der Waals surface area (Å²) in [6.07, 6.45) is -4.49. The number of aromatic carboxylic acids is 1. The van der Waals surface area contributed by atoms with E-state index in [2.05, 4.69) is 5.32 Å². The molecule has 0 saturated carbocycles. The van der Waals surface area contributed by atoms with Crippen molar-refractivity contribution in [1.29, 1.82) is 0 Å². The molecule has 1 aliphatic rings. The summed E-state index contributed by atoms with van der Waals surface area (Å²) in [6.45, 7) is 0. The molecule has 0 amide bonds. The van der Waals surface area contributed by atoms with Gasteiger partial charge in [-0.1, -0.05) is 0 Å². The van der Waals surface area contributed by atoms with Gasteiger partial charge in [-0.05, 0) is 24.6 Å². The fourth-order valence-corrected chi connectivity index (χ4v) is 3.87. The molecule has 1 atom stereocenters. The maximum absolute atomic E-state index is 12.8. The van der Waals surface area contributed by atoms with Gasteiger partial charge >= 0.3 is 12.1 Å². The van der Waals surface area contributed by atoms with E-state index in [0.717, 1.165) is 6.07 Å². The summed E-state index contributed by atoms with van der Waals surface area (Å²) in [7, 11) is -3.15. The summed E-state index contributed by atoms with van der Waals surface area (Å²) in [5, 5.41) is 11.5. The number of hydrogen-bond donors (Lipinski definition) is 2. The van der Waals surface area contributed by atoms with Crippen molar-refractivity contribution >= 4 is 21.5 Å². The molecule has 5 nitrogen and oxygen atoms in total. The number of carboxylic acid groups (broad SMARTS) is 1. The normalized spacial score (nSPS) is 21.2. The van der Waals surface area contributed by atoms with Crippen LogP contribution in [0.15, 0.2) is 18.2 Å². The molecule has 1 heterocycles. The molecule has 1 aromatic rings. The van der Waals surface area contributed by atoms with Crippen LogP contribution in [-0.2, 0) is 16.0 Å². The summed E-state index contributed by atoms with van der Waals surface area (Å²) in [5.41, 5.74) is -2.05. The van der Waals surface area contributed by atoms with Crippen LogP contribution in [0.5, 0.6) is 0 Å². The topological polar surface area (TPSA) is 83.5 Å². The maximum atomic E-state index is 12.8. The van der Waals surface area contributed by atoms with Gasteiger partial charge < -0.3 is 10.4 Å². The van der Waals surface area contributed by atoms with Gasteiger partial charge in [0.15, 0.2) is 9.84 Å². The second-order valence-corrected chi connectivity index (χ2v) is 7.04. The van der Waals surface area contributed by atoms with Crippen molar-refractivity contribution in [3.05, 3.63) is 29.3 Å². The number of carbonyl (C=O) groups is 1. The van der Waals surface area contributed by atoms with Crippen molar-refractivity contribution in [2.45, 2.75) is 18.6 Å². The molecule has 116 valence electrons. The van der Waals surface area contributed by atoms with Gasteiger partial charge in [-0.2, -0.15) is 13.2 Å². The monoisotopic (exact) mass is 323 g/mol. The van der Waals surface area contributed by atoms with Crippen LogP contribution in [0.25, 0.3) is 0 Å². The maximum Gasteiger partial charge on any atom is 0.417 e. The highest BCUT2D eigenvalue weighted by molar-refractivity contribution is 7.91. The lowest BCUT2D eigenvalue weighted by Crippen LogP contribution is -2.21. The zero-order chi connectivity index (χ0) is 15.8. The Morgan fingerprint density at radius 3 is 2.48 bits per heavy atom. The first-order valence-electron chi connectivity index (χ1n) is 6.00. The van der Waals surface area contributed by atoms with Gasteiger partial charge in [-0.3, -0.25) is 0 Å². The number of anilines is 1. The minimum Gasteiger partial charge on any atom is -0.478 e. The standard InChI is InChI=1S/C12H12F3NO4S/c13-12(14,15)10-5-7(1-2-9(10)11(17)18)16-8-3-4-21(19,20)6-8/h1-2,5,8,16H,3-4,6H2,(H,17,18). The highest BCUT2D eigenvalue weighted by Crippen LogP contribution is 2.34. The smallest absolute Gasteiger partial charge is 0.417 e. The van der Waals surface area contributed by atoms with Gasteiger partial charge in [-0.15, -0.1) is 0 Å². The predicted molar refractivity (Wildman–Crippen MR) is 69.1 cm³/mol. The van der Waals surface area contributed by atoms with E-state index in [-0.39, 0.29) is 17.2 Å². The molecule has 0 radical (unpaired) electrons. The summed E-state index contributed by atoms with van der Waals surface area (Å²) in [6, 6.07) is 2.28. The Hall–Kier alpha value is -1.77. The van der Waals surface area contributed by atoms with Gasteiger partial charge in [0.25, 0.3) is 0 Å². The van der Waals surface area contributed by atoms with E-state index >= 15 is 0 Å². The number of alkyl halides is 3. The molecule has 1 unspecified atom stereocenters. The molecule has 0 aromatic heterocycles. The molecule has 0 aliphatic carbocycles. The first-order valence-corrected chi connectivity index (χ1v) is 7.82. The molecule has 21 heavy (non-hydrogen) atoms. The quantitative estimate of drug-likeness (QED) is 0.889. The van der Waals surface area contributed by atoms with Crippen LogP contribution < -0.4 is 5.32 Å². The van der Waals surface area contributed by atoms with Crippen LogP contribution in [-0.4, -0.2) is 37.0 Å². The molecule has 1 fully saturated rings. The Kier molecular flexibility index (Phi) is 3.87. The summed E-state index contributed by atoms with van der Waals surface area (Å²) in [5.74, 6) is -1.82. The van der Waals surface area contributed by atoms with E-state index in [1.54, 1.807) is 0 Å². The average Bonchev–Trinajstić information content (AvgIpc) is 2.67. The Labute approximate surface area is 118 Å². The second kappa shape index (κ2) is 5.21. The van der Waals surface area contributed by atoms with E-state index < -0.39 is 39.2 Å². The van der Waals surface area contributed by atoms with E-state index in [0.29, 0.717) is 12.5 Å². The largest absolute Gasteiger partial charge is 0.478 e. The van der Waals surface area contributed by atoms with Crippen LogP contribution in [0.1, 0.15) is 22.3 Å². The Bertz CT molecular complexity index is 670. The van der Waals surface area contributed by atoms with Crippen LogP contribution >= 0.6 is 0 Å². The lowest BCUT2D eigenvalue weighted by molar-refractivity contribution is -0.138. The van der Waals surface area contributed by atoms with Crippen molar-refractivity contribution in [2.24, 2.45) is 0 Å². The van der Waals surface area contributed by atoms with Crippen molar-refractivity contribution in [3.8, 4) is 0 Å². The molecule has 9 heteroatoms. The zero-order valence-corrected chi connectivity index (χ0v) is 11.5. The Morgan fingerprint density at radius 1 is 1.33 bits per heavy atom. The SMILES string of the molecule is O=C(O)c1ccc(NC2CCS(=O)(=O)C2)cc1C(F)(F)F. The number of halogens is 3. The van der Waals surface area contributed by atoms with Gasteiger partial charge in [0, 0.05) is 11.7 Å². The molecular formula is C12H12F3NO4S. The molecule has 0 bridgehead atoms. The molecular weight excluding hydrogens is 311 g/mol. The summed E-state index contributed by atoms with van der Waals surface area (Å²) < 4.78 is 61.1. The fraction of sp³-hybridized carbons (Fsp3) is 0.417. The number of carboxylic acids is 1. The second-order valence-electron chi connectivity index (χ2n) is 4.81. The zero-order valence-electron chi connectivity index (χ0n) is 10.6. The summed E-state index contributed by atoms with van der Waals surface area (Å²) >= 11 is 0. The first-order chi connectivity index (χ1) is 9.58. The molecule has 1 aromatic carbocycles. The third-order valence-corrected chi connectivity index (χ3v) is 4.93. The minimum atomic E-state index is -4.80. The molecule has 1 aliphatic heterocycles. The number of nitrogens with one attached hydrogen (secondary N) is 1. The van der Waals surface area contributed by atoms with Crippen molar-refractivity contribution in [1.82, 2.24) is 0 Å². The molecule has 0 spiro atoms. The molecule has 2 rings (SSSR count). The van der Waals surface area contributed by atoms with E-state index in [1.807, 2.05) is 0 Å².